The van der Waals surface area contributed by atoms with Crippen LogP contribution >= 0.6 is 11.6 Å². The van der Waals surface area contributed by atoms with Crippen LogP contribution in [-0.2, 0) is 14.3 Å². The lowest BCUT2D eigenvalue weighted by molar-refractivity contribution is -0.137. The molecule has 0 bridgehead atoms. The highest BCUT2D eigenvalue weighted by Crippen LogP contribution is 2.31. The Balaban J connectivity index is 1.61. The molecule has 2 heterocycles. The van der Waals surface area contributed by atoms with Gasteiger partial charge in [0, 0.05) is 43.0 Å². The van der Waals surface area contributed by atoms with E-state index in [0.29, 0.717) is 60.5 Å². The molecule has 0 saturated carbocycles. The van der Waals surface area contributed by atoms with Crippen molar-refractivity contribution >= 4 is 34.7 Å². The SMILES string of the molecule is CCOc1cccc(NC2=C(c3ccc(Cl)cc3)C(=O)N(CCN3CCOCC3)C2=O)c1. The van der Waals surface area contributed by atoms with Crippen molar-refractivity contribution in [2.45, 2.75) is 6.92 Å². The average Bonchev–Trinajstić information content (AvgIpc) is 3.03. The van der Waals surface area contributed by atoms with Gasteiger partial charge in [-0.3, -0.25) is 19.4 Å². The van der Waals surface area contributed by atoms with Crippen molar-refractivity contribution in [3.8, 4) is 5.75 Å². The summed E-state index contributed by atoms with van der Waals surface area (Å²) < 4.78 is 10.9. The Morgan fingerprint density at radius 1 is 1.03 bits per heavy atom. The first kappa shape index (κ1) is 22.3. The number of amides is 2. The number of hydrogen-bond donors (Lipinski definition) is 1. The van der Waals surface area contributed by atoms with Crippen molar-refractivity contribution in [1.29, 1.82) is 0 Å². The molecular formula is C24H26ClN3O4. The molecule has 0 atom stereocenters. The van der Waals surface area contributed by atoms with E-state index >= 15 is 0 Å². The van der Waals surface area contributed by atoms with Crippen molar-refractivity contribution < 1.29 is 19.1 Å². The van der Waals surface area contributed by atoms with Crippen LogP contribution in [0.25, 0.3) is 5.57 Å². The number of carbonyl (C=O) groups is 2. The highest BCUT2D eigenvalue weighted by atomic mass is 35.5. The molecule has 2 aliphatic heterocycles. The van der Waals surface area contributed by atoms with Gasteiger partial charge in [-0.2, -0.15) is 0 Å². The number of benzene rings is 2. The number of rotatable bonds is 8. The number of morpholine rings is 1. The molecule has 0 aliphatic carbocycles. The molecule has 2 amide bonds. The minimum absolute atomic E-state index is 0.257. The van der Waals surface area contributed by atoms with E-state index in [0.717, 1.165) is 13.1 Å². The maximum atomic E-state index is 13.4. The molecular weight excluding hydrogens is 430 g/mol. The first-order valence-electron chi connectivity index (χ1n) is 10.7. The fourth-order valence-corrected chi connectivity index (χ4v) is 3.95. The zero-order chi connectivity index (χ0) is 22.5. The van der Waals surface area contributed by atoms with Gasteiger partial charge in [0.15, 0.2) is 0 Å². The molecule has 1 N–H and O–H groups in total. The zero-order valence-electron chi connectivity index (χ0n) is 18.0. The standard InChI is InChI=1S/C24H26ClN3O4/c1-2-32-20-5-3-4-19(16-20)26-22-21(17-6-8-18(25)9-7-17)23(29)28(24(22)30)11-10-27-12-14-31-15-13-27/h3-9,16,26H,2,10-15H2,1H3. The van der Waals surface area contributed by atoms with Crippen molar-refractivity contribution in [3.63, 3.8) is 0 Å². The summed E-state index contributed by atoms with van der Waals surface area (Å²) in [6, 6.07) is 14.3. The monoisotopic (exact) mass is 455 g/mol. The van der Waals surface area contributed by atoms with Crippen LogP contribution in [0.15, 0.2) is 54.2 Å². The maximum Gasteiger partial charge on any atom is 0.278 e. The van der Waals surface area contributed by atoms with E-state index in [1.165, 1.54) is 4.90 Å². The summed E-state index contributed by atoms with van der Waals surface area (Å²) >= 11 is 6.04. The lowest BCUT2D eigenvalue weighted by Gasteiger charge is -2.28. The predicted molar refractivity (Wildman–Crippen MR) is 124 cm³/mol. The third kappa shape index (κ3) is 4.96. The number of ether oxygens (including phenoxy) is 2. The van der Waals surface area contributed by atoms with Gasteiger partial charge >= 0.3 is 0 Å². The van der Waals surface area contributed by atoms with Gasteiger partial charge in [0.05, 0.1) is 25.4 Å². The van der Waals surface area contributed by atoms with E-state index in [4.69, 9.17) is 21.1 Å². The largest absolute Gasteiger partial charge is 0.494 e. The van der Waals surface area contributed by atoms with E-state index in [1.807, 2.05) is 31.2 Å². The first-order chi connectivity index (χ1) is 15.6. The second kappa shape index (κ2) is 10.2. The van der Waals surface area contributed by atoms with E-state index in [2.05, 4.69) is 10.2 Å². The van der Waals surface area contributed by atoms with Crippen LogP contribution in [0.1, 0.15) is 12.5 Å². The summed E-state index contributed by atoms with van der Waals surface area (Å²) in [5.41, 5.74) is 1.92. The molecule has 2 aromatic rings. The molecule has 0 aromatic heterocycles. The molecule has 7 nitrogen and oxygen atoms in total. The lowest BCUT2D eigenvalue weighted by atomic mass is 10.0. The van der Waals surface area contributed by atoms with Gasteiger partial charge in [-0.05, 0) is 36.8 Å². The summed E-state index contributed by atoms with van der Waals surface area (Å²) in [5, 5.41) is 3.74. The summed E-state index contributed by atoms with van der Waals surface area (Å²) in [6.45, 7) is 6.30. The summed E-state index contributed by atoms with van der Waals surface area (Å²) in [5.74, 6) is 0.0381. The van der Waals surface area contributed by atoms with Crippen LogP contribution in [0.2, 0.25) is 5.02 Å². The third-order valence-corrected chi connectivity index (χ3v) is 5.71. The molecule has 0 spiro atoms. The van der Waals surface area contributed by atoms with Crippen molar-refractivity contribution in [2.24, 2.45) is 0 Å². The number of nitrogens with zero attached hydrogens (tertiary/aromatic N) is 2. The maximum absolute atomic E-state index is 13.4. The lowest BCUT2D eigenvalue weighted by Crippen LogP contribution is -2.43. The molecule has 1 saturated heterocycles. The Bertz CT molecular complexity index is 1020. The molecule has 32 heavy (non-hydrogen) atoms. The number of hydrogen-bond acceptors (Lipinski definition) is 6. The van der Waals surface area contributed by atoms with E-state index in [-0.39, 0.29) is 17.5 Å². The molecule has 2 aliphatic rings. The van der Waals surface area contributed by atoms with Crippen LogP contribution in [0, 0.1) is 0 Å². The minimum Gasteiger partial charge on any atom is -0.494 e. The van der Waals surface area contributed by atoms with Crippen molar-refractivity contribution in [2.75, 3.05) is 51.3 Å². The highest BCUT2D eigenvalue weighted by Gasteiger charge is 2.39. The van der Waals surface area contributed by atoms with Gasteiger partial charge < -0.3 is 14.8 Å². The van der Waals surface area contributed by atoms with Gasteiger partial charge in [-0.25, -0.2) is 0 Å². The summed E-state index contributed by atoms with van der Waals surface area (Å²) in [6.07, 6.45) is 0. The third-order valence-electron chi connectivity index (χ3n) is 5.46. The Hall–Kier alpha value is -2.87. The second-order valence-corrected chi connectivity index (χ2v) is 8.00. The van der Waals surface area contributed by atoms with Crippen molar-refractivity contribution in [1.82, 2.24) is 9.80 Å². The molecule has 1 fully saturated rings. The van der Waals surface area contributed by atoms with Gasteiger partial charge in [0.1, 0.15) is 11.4 Å². The quantitative estimate of drug-likeness (QED) is 0.616. The number of halogens is 1. The number of anilines is 1. The summed E-state index contributed by atoms with van der Waals surface area (Å²) in [4.78, 5) is 30.2. The van der Waals surface area contributed by atoms with E-state index in [9.17, 15) is 9.59 Å². The van der Waals surface area contributed by atoms with Gasteiger partial charge in [0.2, 0.25) is 0 Å². The van der Waals surface area contributed by atoms with Gasteiger partial charge in [-0.1, -0.05) is 29.8 Å². The van der Waals surface area contributed by atoms with E-state index < -0.39 is 0 Å². The topological polar surface area (TPSA) is 71.1 Å². The molecule has 8 heteroatoms. The Labute approximate surface area is 192 Å². The smallest absolute Gasteiger partial charge is 0.278 e. The van der Waals surface area contributed by atoms with Crippen LogP contribution < -0.4 is 10.1 Å². The Morgan fingerprint density at radius 3 is 2.50 bits per heavy atom. The van der Waals surface area contributed by atoms with Crippen LogP contribution in [0.3, 0.4) is 0 Å². The van der Waals surface area contributed by atoms with Crippen LogP contribution in [0.5, 0.6) is 5.75 Å². The number of carbonyl (C=O) groups excluding carboxylic acids is 2. The molecule has 168 valence electrons. The number of imide groups is 1. The van der Waals surface area contributed by atoms with Gasteiger partial charge in [0.25, 0.3) is 11.8 Å². The second-order valence-electron chi connectivity index (χ2n) is 7.56. The summed E-state index contributed by atoms with van der Waals surface area (Å²) in [7, 11) is 0. The predicted octanol–water partition coefficient (Wildman–Crippen LogP) is 3.26. The highest BCUT2D eigenvalue weighted by molar-refractivity contribution is 6.36. The number of nitrogens with one attached hydrogen (secondary N) is 1. The Kier molecular flexibility index (Phi) is 7.09. The molecule has 0 unspecified atom stereocenters. The molecule has 2 aromatic carbocycles. The average molecular weight is 456 g/mol. The molecule has 0 radical (unpaired) electrons. The van der Waals surface area contributed by atoms with Crippen LogP contribution in [0.4, 0.5) is 5.69 Å². The zero-order valence-corrected chi connectivity index (χ0v) is 18.7. The first-order valence-corrected chi connectivity index (χ1v) is 11.1. The van der Waals surface area contributed by atoms with Gasteiger partial charge in [-0.15, -0.1) is 0 Å². The normalized spacial score (nSPS) is 17.2. The molecule has 4 rings (SSSR count). The van der Waals surface area contributed by atoms with E-state index in [1.54, 1.807) is 24.3 Å². The van der Waals surface area contributed by atoms with Crippen LogP contribution in [-0.4, -0.2) is 67.6 Å². The Morgan fingerprint density at radius 2 is 1.78 bits per heavy atom. The fourth-order valence-electron chi connectivity index (χ4n) is 3.82. The fraction of sp³-hybridized carbons (Fsp3) is 0.333. The van der Waals surface area contributed by atoms with Crippen molar-refractivity contribution in [3.05, 3.63) is 64.8 Å². The minimum atomic E-state index is -0.338.